The van der Waals surface area contributed by atoms with E-state index in [-0.39, 0.29) is 0 Å². The molecule has 1 aromatic rings. The molecule has 21 heavy (non-hydrogen) atoms. The number of nitrogens with one attached hydrogen (secondary N) is 1. The molecule has 2 rings (SSSR count). The topological polar surface area (TPSA) is 44.0 Å². The highest BCUT2D eigenvalue weighted by Gasteiger charge is 2.51. The normalized spacial score (nSPS) is 23.1. The molecule has 1 N–H and O–H groups in total. The first-order chi connectivity index (χ1) is 9.46. The highest BCUT2D eigenvalue weighted by atomic mass is 35.5. The molecule has 0 aliphatic carbocycles. The SMILES string of the molecule is FC(F)(F)CC1(n2nc(C(F)(F)F)cc2Cl)N[N]C=C1Cl. The molecule has 1 aliphatic heterocycles. The van der Waals surface area contributed by atoms with Crippen LogP contribution in [0.4, 0.5) is 26.3 Å². The number of hydrogen-bond donors (Lipinski definition) is 1. The Morgan fingerprint density at radius 1 is 1.19 bits per heavy atom. The largest absolute Gasteiger partial charge is 0.435 e. The number of nitrogens with zero attached hydrogens (tertiary/aromatic N) is 3. The van der Waals surface area contributed by atoms with Crippen LogP contribution in [0.2, 0.25) is 5.15 Å². The van der Waals surface area contributed by atoms with Gasteiger partial charge in [0.1, 0.15) is 5.15 Å². The van der Waals surface area contributed by atoms with Crippen molar-refractivity contribution in [1.82, 2.24) is 20.6 Å². The third-order valence-corrected chi connectivity index (χ3v) is 3.28. The van der Waals surface area contributed by atoms with Gasteiger partial charge in [-0.25, -0.2) is 10.1 Å². The number of halogens is 8. The molecule has 0 bridgehead atoms. The minimum absolute atomic E-state index is 0.320. The Kier molecular flexibility index (Phi) is 3.83. The molecule has 1 radical (unpaired) electrons. The Morgan fingerprint density at radius 3 is 2.19 bits per heavy atom. The van der Waals surface area contributed by atoms with Crippen molar-refractivity contribution in [2.45, 2.75) is 24.4 Å². The van der Waals surface area contributed by atoms with Gasteiger partial charge in [-0.2, -0.15) is 36.9 Å². The van der Waals surface area contributed by atoms with Gasteiger partial charge in [0.05, 0.1) is 17.7 Å². The molecule has 0 spiro atoms. The van der Waals surface area contributed by atoms with Crippen LogP contribution in [-0.2, 0) is 11.8 Å². The average Bonchev–Trinajstić information content (AvgIpc) is 2.81. The van der Waals surface area contributed by atoms with Gasteiger partial charge >= 0.3 is 12.4 Å². The van der Waals surface area contributed by atoms with E-state index in [1.54, 1.807) is 0 Å². The summed E-state index contributed by atoms with van der Waals surface area (Å²) in [6.45, 7) is 0. The van der Waals surface area contributed by atoms with Gasteiger partial charge in [-0.3, -0.25) is 0 Å². The minimum atomic E-state index is -4.86. The molecule has 12 heteroatoms. The van der Waals surface area contributed by atoms with Gasteiger partial charge in [0, 0.05) is 6.07 Å². The summed E-state index contributed by atoms with van der Waals surface area (Å²) in [6, 6.07) is 0.407. The lowest BCUT2D eigenvalue weighted by Gasteiger charge is -2.30. The van der Waals surface area contributed by atoms with Crippen molar-refractivity contribution in [2.75, 3.05) is 0 Å². The van der Waals surface area contributed by atoms with Gasteiger partial charge in [0.25, 0.3) is 0 Å². The zero-order valence-corrected chi connectivity index (χ0v) is 11.2. The van der Waals surface area contributed by atoms with Gasteiger partial charge in [-0.1, -0.05) is 23.2 Å². The fraction of sp³-hybridized carbons (Fsp3) is 0.444. The molecule has 1 unspecified atom stereocenters. The zero-order chi connectivity index (χ0) is 16.1. The standard InChI is InChI=1S/C9H5Cl2F6N4/c10-4-2-18-20-7(4,3-8(12,13)14)21-6(11)1-5(19-21)9(15,16)17/h1-2,20H,3H2. The van der Waals surface area contributed by atoms with E-state index in [1.807, 2.05) is 5.43 Å². The summed E-state index contributed by atoms with van der Waals surface area (Å²) in [5.41, 5.74) is 1.60. The van der Waals surface area contributed by atoms with Crippen LogP contribution in [0, 0.1) is 0 Å². The van der Waals surface area contributed by atoms with E-state index in [4.69, 9.17) is 23.2 Å². The number of hydrogen-bond acceptors (Lipinski definition) is 2. The first kappa shape index (κ1) is 16.2. The van der Waals surface area contributed by atoms with E-state index in [0.29, 0.717) is 10.7 Å². The van der Waals surface area contributed by atoms with Crippen LogP contribution in [0.15, 0.2) is 17.3 Å². The van der Waals surface area contributed by atoms with E-state index in [9.17, 15) is 26.3 Å². The number of aromatic nitrogens is 2. The second-order valence-electron chi connectivity index (χ2n) is 4.13. The van der Waals surface area contributed by atoms with E-state index < -0.39 is 40.3 Å². The van der Waals surface area contributed by atoms with Crippen molar-refractivity contribution in [3.8, 4) is 0 Å². The Balaban J connectivity index is 2.54. The smallest absolute Gasteiger partial charge is 0.225 e. The minimum Gasteiger partial charge on any atom is -0.225 e. The Hall–Kier alpha value is -1.13. The van der Waals surface area contributed by atoms with Gasteiger partial charge in [0.2, 0.25) is 0 Å². The van der Waals surface area contributed by atoms with Crippen molar-refractivity contribution in [1.29, 1.82) is 0 Å². The molecule has 0 saturated carbocycles. The van der Waals surface area contributed by atoms with E-state index >= 15 is 0 Å². The molecule has 4 nitrogen and oxygen atoms in total. The van der Waals surface area contributed by atoms with Crippen molar-refractivity contribution in [2.24, 2.45) is 0 Å². The summed E-state index contributed by atoms with van der Waals surface area (Å²) in [7, 11) is 0. The predicted octanol–water partition coefficient (Wildman–Crippen LogP) is 3.36. The Labute approximate surface area is 123 Å². The summed E-state index contributed by atoms with van der Waals surface area (Å²) in [4.78, 5) is 0. The van der Waals surface area contributed by atoms with Gasteiger partial charge in [-0.05, 0) is 0 Å². The maximum absolute atomic E-state index is 12.7. The van der Waals surface area contributed by atoms with E-state index in [0.717, 1.165) is 6.20 Å². The van der Waals surface area contributed by atoms with Crippen LogP contribution < -0.4 is 10.9 Å². The van der Waals surface area contributed by atoms with Crippen LogP contribution in [0.25, 0.3) is 0 Å². The summed E-state index contributed by atoms with van der Waals surface area (Å²) >= 11 is 11.3. The zero-order valence-electron chi connectivity index (χ0n) is 9.73. The monoisotopic (exact) mass is 353 g/mol. The van der Waals surface area contributed by atoms with Crippen molar-refractivity contribution in [3.63, 3.8) is 0 Å². The van der Waals surface area contributed by atoms with E-state index in [2.05, 4.69) is 10.5 Å². The summed E-state index contributed by atoms with van der Waals surface area (Å²) in [5, 5.41) is 1.93. The third-order valence-electron chi connectivity index (χ3n) is 2.60. The first-order valence-electron chi connectivity index (χ1n) is 5.19. The van der Waals surface area contributed by atoms with Crippen LogP contribution >= 0.6 is 23.2 Å². The van der Waals surface area contributed by atoms with Crippen LogP contribution in [0.5, 0.6) is 0 Å². The van der Waals surface area contributed by atoms with E-state index in [1.165, 1.54) is 0 Å². The van der Waals surface area contributed by atoms with Gasteiger partial charge in [0.15, 0.2) is 11.4 Å². The van der Waals surface area contributed by atoms with Gasteiger partial charge in [-0.15, -0.1) is 0 Å². The summed E-state index contributed by atoms with van der Waals surface area (Å²) in [6.07, 6.45) is -10.4. The second-order valence-corrected chi connectivity index (χ2v) is 4.93. The molecule has 1 atom stereocenters. The number of rotatable bonds is 2. The lowest BCUT2D eigenvalue weighted by molar-refractivity contribution is -0.156. The van der Waals surface area contributed by atoms with Crippen LogP contribution in [0.1, 0.15) is 12.1 Å². The van der Waals surface area contributed by atoms with Gasteiger partial charge < -0.3 is 0 Å². The second kappa shape index (κ2) is 4.96. The summed E-state index contributed by atoms with van der Waals surface area (Å²) < 4.78 is 76.2. The molecule has 1 aliphatic rings. The first-order valence-corrected chi connectivity index (χ1v) is 5.94. The molecule has 0 amide bonds. The molecule has 0 fully saturated rings. The van der Waals surface area contributed by atoms with Crippen molar-refractivity contribution < 1.29 is 26.3 Å². The van der Waals surface area contributed by atoms with Crippen LogP contribution in [0.3, 0.4) is 0 Å². The molecule has 0 aromatic carbocycles. The quantitative estimate of drug-likeness (QED) is 0.828. The fourth-order valence-corrected chi connectivity index (χ4v) is 2.28. The number of alkyl halides is 6. The Bertz CT molecular complexity index is 578. The highest BCUT2D eigenvalue weighted by molar-refractivity contribution is 6.31. The van der Waals surface area contributed by atoms with Crippen molar-refractivity contribution >= 4 is 23.2 Å². The van der Waals surface area contributed by atoms with Crippen molar-refractivity contribution in [3.05, 3.63) is 28.1 Å². The third kappa shape index (κ3) is 3.06. The Morgan fingerprint density at radius 2 is 1.81 bits per heavy atom. The summed E-state index contributed by atoms with van der Waals surface area (Å²) in [5.74, 6) is 0. The predicted molar refractivity (Wildman–Crippen MR) is 60.1 cm³/mol. The lowest BCUT2D eigenvalue weighted by Crippen LogP contribution is -2.50. The highest BCUT2D eigenvalue weighted by Crippen LogP contribution is 2.42. The molecule has 0 saturated heterocycles. The maximum Gasteiger partial charge on any atom is 0.435 e. The average molecular weight is 354 g/mol. The molecular weight excluding hydrogens is 349 g/mol. The molecule has 2 heterocycles. The fourth-order valence-electron chi connectivity index (χ4n) is 1.76. The van der Waals surface area contributed by atoms with Crippen LogP contribution in [-0.4, -0.2) is 16.0 Å². The maximum atomic E-state index is 12.7. The molecule has 117 valence electrons. The molecule has 1 aromatic heterocycles. The molecular formula is C9H5Cl2F6N4. The lowest BCUT2D eigenvalue weighted by atomic mass is 10.1.